The summed E-state index contributed by atoms with van der Waals surface area (Å²) >= 11 is 0. The smallest absolute Gasteiger partial charge is 0.0527 e. The van der Waals surface area contributed by atoms with Gasteiger partial charge in [-0.2, -0.15) is 0 Å². The van der Waals surface area contributed by atoms with Crippen molar-refractivity contribution in [3.8, 4) is 0 Å². The quantitative estimate of drug-likeness (QED) is 0.754. The van der Waals surface area contributed by atoms with Crippen LogP contribution < -0.4 is 0 Å². The molecule has 1 aromatic carbocycles. The van der Waals surface area contributed by atoms with Crippen LogP contribution in [-0.2, 0) is 5.41 Å². The molecule has 1 heteroatoms. The van der Waals surface area contributed by atoms with E-state index < -0.39 is 0 Å². The molecule has 1 atom stereocenters. The number of aliphatic hydroxyl groups excluding tert-OH is 1. The van der Waals surface area contributed by atoms with Crippen LogP contribution >= 0.6 is 0 Å². The van der Waals surface area contributed by atoms with Gasteiger partial charge in [-0.3, -0.25) is 0 Å². The van der Waals surface area contributed by atoms with Crippen LogP contribution in [0.25, 0.3) is 0 Å². The molecule has 0 aromatic heterocycles. The first-order valence-electron chi connectivity index (χ1n) is 4.77. The molecule has 0 saturated carbocycles. The second-order valence-corrected chi connectivity index (χ2v) is 4.10. The van der Waals surface area contributed by atoms with Crippen molar-refractivity contribution >= 4 is 0 Å². The van der Waals surface area contributed by atoms with Gasteiger partial charge in [0, 0.05) is 5.41 Å². The molecule has 1 aromatic rings. The Morgan fingerprint density at radius 1 is 1.23 bits per heavy atom. The summed E-state index contributed by atoms with van der Waals surface area (Å²) < 4.78 is 0. The van der Waals surface area contributed by atoms with Crippen LogP contribution in [-0.4, -0.2) is 11.7 Å². The van der Waals surface area contributed by atoms with Gasteiger partial charge in [-0.15, -0.1) is 0 Å². The van der Waals surface area contributed by atoms with Crippen LogP contribution in [0.3, 0.4) is 0 Å². The fourth-order valence-electron chi connectivity index (χ4n) is 1.43. The molecule has 0 bridgehead atoms. The molecule has 0 aliphatic rings. The first-order valence-corrected chi connectivity index (χ1v) is 4.77. The van der Waals surface area contributed by atoms with Crippen molar-refractivity contribution < 1.29 is 5.11 Å². The summed E-state index contributed by atoms with van der Waals surface area (Å²) in [6.45, 7) is 6.59. The average Bonchev–Trinajstić information content (AvgIpc) is 2.17. The van der Waals surface area contributed by atoms with Crippen molar-refractivity contribution in [2.75, 3.05) is 6.61 Å². The predicted molar refractivity (Wildman–Crippen MR) is 55.7 cm³/mol. The van der Waals surface area contributed by atoms with Crippen molar-refractivity contribution in [2.45, 2.75) is 26.2 Å². The summed E-state index contributed by atoms with van der Waals surface area (Å²) in [5.41, 5.74) is 1.11. The normalized spacial score (nSPS) is 15.8. The fraction of sp³-hybridized carbons (Fsp3) is 0.500. The Morgan fingerprint density at radius 3 is 2.15 bits per heavy atom. The molecule has 0 spiro atoms. The molecule has 0 aliphatic heterocycles. The lowest BCUT2D eigenvalue weighted by atomic mass is 9.74. The zero-order chi connectivity index (χ0) is 9.90. The van der Waals surface area contributed by atoms with E-state index in [0.29, 0.717) is 5.92 Å². The number of benzene rings is 1. The van der Waals surface area contributed by atoms with Gasteiger partial charge >= 0.3 is 0 Å². The van der Waals surface area contributed by atoms with Crippen molar-refractivity contribution in [3.05, 3.63) is 35.9 Å². The lowest BCUT2D eigenvalue weighted by Crippen LogP contribution is -2.32. The number of aliphatic hydroxyl groups is 1. The van der Waals surface area contributed by atoms with Crippen molar-refractivity contribution in [1.82, 2.24) is 0 Å². The Kier molecular flexibility index (Phi) is 3.10. The van der Waals surface area contributed by atoms with E-state index in [2.05, 4.69) is 32.9 Å². The molecule has 0 amide bonds. The van der Waals surface area contributed by atoms with Gasteiger partial charge in [-0.1, -0.05) is 51.1 Å². The van der Waals surface area contributed by atoms with E-state index in [1.54, 1.807) is 0 Å². The Labute approximate surface area is 80.4 Å². The van der Waals surface area contributed by atoms with Gasteiger partial charge in [0.2, 0.25) is 0 Å². The van der Waals surface area contributed by atoms with Crippen LogP contribution in [0.1, 0.15) is 26.3 Å². The highest BCUT2D eigenvalue weighted by Crippen LogP contribution is 2.30. The summed E-state index contributed by atoms with van der Waals surface area (Å²) in [6, 6.07) is 10.2. The second kappa shape index (κ2) is 3.93. The Morgan fingerprint density at radius 2 is 1.77 bits per heavy atom. The maximum absolute atomic E-state index is 9.41. The highest BCUT2D eigenvalue weighted by molar-refractivity contribution is 5.25. The summed E-state index contributed by atoms with van der Waals surface area (Å²) in [5.74, 6) is 0.444. The molecule has 0 saturated heterocycles. The average molecular weight is 178 g/mol. The van der Waals surface area contributed by atoms with Crippen LogP contribution in [0.2, 0.25) is 0 Å². The highest BCUT2D eigenvalue weighted by atomic mass is 16.3. The van der Waals surface area contributed by atoms with E-state index in [1.165, 1.54) is 5.56 Å². The summed E-state index contributed by atoms with van der Waals surface area (Å²) in [5, 5.41) is 9.41. The molecule has 72 valence electrons. The molecule has 0 radical (unpaired) electrons. The summed E-state index contributed by atoms with van der Waals surface area (Å²) in [6.07, 6.45) is 0. The topological polar surface area (TPSA) is 20.2 Å². The van der Waals surface area contributed by atoms with E-state index in [9.17, 15) is 5.11 Å². The fourth-order valence-corrected chi connectivity index (χ4v) is 1.43. The van der Waals surface area contributed by atoms with Gasteiger partial charge in [-0.25, -0.2) is 0 Å². The van der Waals surface area contributed by atoms with Gasteiger partial charge in [0.05, 0.1) is 6.61 Å². The van der Waals surface area contributed by atoms with Gasteiger partial charge < -0.3 is 5.11 Å². The van der Waals surface area contributed by atoms with E-state index >= 15 is 0 Å². The third-order valence-corrected chi connectivity index (χ3v) is 3.04. The van der Waals surface area contributed by atoms with Gasteiger partial charge in [0.15, 0.2) is 0 Å². The summed E-state index contributed by atoms with van der Waals surface area (Å²) in [7, 11) is 0. The van der Waals surface area contributed by atoms with Crippen molar-refractivity contribution in [2.24, 2.45) is 5.92 Å². The molecule has 0 heterocycles. The summed E-state index contributed by atoms with van der Waals surface area (Å²) in [4.78, 5) is 0. The predicted octanol–water partition coefficient (Wildman–Crippen LogP) is 2.59. The maximum atomic E-state index is 9.41. The van der Waals surface area contributed by atoms with Crippen LogP contribution in [0.15, 0.2) is 30.3 Å². The van der Waals surface area contributed by atoms with Gasteiger partial charge in [-0.05, 0) is 11.5 Å². The zero-order valence-corrected chi connectivity index (χ0v) is 8.62. The second-order valence-electron chi connectivity index (χ2n) is 4.10. The monoisotopic (exact) mass is 178 g/mol. The molecule has 13 heavy (non-hydrogen) atoms. The molecular formula is C12H18O. The minimum Gasteiger partial charge on any atom is -0.395 e. The molecule has 0 aliphatic carbocycles. The highest BCUT2D eigenvalue weighted by Gasteiger charge is 2.29. The van der Waals surface area contributed by atoms with E-state index in [1.807, 2.05) is 18.2 Å². The lowest BCUT2D eigenvalue weighted by molar-refractivity contribution is 0.165. The largest absolute Gasteiger partial charge is 0.395 e. The van der Waals surface area contributed by atoms with Gasteiger partial charge in [0.1, 0.15) is 0 Å². The third-order valence-electron chi connectivity index (χ3n) is 3.04. The first-order chi connectivity index (χ1) is 6.11. The molecule has 1 unspecified atom stereocenters. The molecule has 0 fully saturated rings. The molecular weight excluding hydrogens is 160 g/mol. The third kappa shape index (κ3) is 1.92. The SMILES string of the molecule is CC(C)C(C)(CO)c1ccccc1. The van der Waals surface area contributed by atoms with Crippen molar-refractivity contribution in [3.63, 3.8) is 0 Å². The van der Waals surface area contributed by atoms with Crippen LogP contribution in [0.4, 0.5) is 0 Å². The minimum atomic E-state index is -0.110. The van der Waals surface area contributed by atoms with Crippen LogP contribution in [0.5, 0.6) is 0 Å². The molecule has 1 N–H and O–H groups in total. The number of hydrogen-bond donors (Lipinski definition) is 1. The maximum Gasteiger partial charge on any atom is 0.0527 e. The molecule has 1 nitrogen and oxygen atoms in total. The minimum absolute atomic E-state index is 0.110. The standard InChI is InChI=1S/C12H18O/c1-10(2)12(3,9-13)11-7-5-4-6-8-11/h4-8,10,13H,9H2,1-3H3. The zero-order valence-electron chi connectivity index (χ0n) is 8.62. The Balaban J connectivity index is 3.03. The van der Waals surface area contributed by atoms with E-state index in [4.69, 9.17) is 0 Å². The molecule has 1 rings (SSSR count). The van der Waals surface area contributed by atoms with E-state index in [0.717, 1.165) is 0 Å². The van der Waals surface area contributed by atoms with Crippen LogP contribution in [0, 0.1) is 5.92 Å². The van der Waals surface area contributed by atoms with E-state index in [-0.39, 0.29) is 12.0 Å². The van der Waals surface area contributed by atoms with Crippen molar-refractivity contribution in [1.29, 1.82) is 0 Å². The first kappa shape index (κ1) is 10.3. The Bertz CT molecular complexity index is 253. The number of hydrogen-bond acceptors (Lipinski definition) is 1. The number of rotatable bonds is 3. The van der Waals surface area contributed by atoms with Gasteiger partial charge in [0.25, 0.3) is 0 Å². The Hall–Kier alpha value is -0.820. The lowest BCUT2D eigenvalue weighted by Gasteiger charge is -2.32.